The lowest BCUT2D eigenvalue weighted by molar-refractivity contribution is -0.870. The number of rotatable bonds is 73. The van der Waals surface area contributed by atoms with E-state index in [2.05, 4.69) is 26.0 Å². The van der Waals surface area contributed by atoms with E-state index in [1.54, 1.807) is 0 Å². The first kappa shape index (κ1) is 84.8. The largest absolute Gasteiger partial charge is 0.472 e. The molecule has 0 rings (SSSR count). The quantitative estimate of drug-likeness (QED) is 0.0211. The van der Waals surface area contributed by atoms with E-state index in [0.717, 1.165) is 38.5 Å². The second-order valence-corrected chi connectivity index (χ2v) is 29.2. The molecule has 0 amide bonds. The van der Waals surface area contributed by atoms with Crippen LogP contribution in [0.25, 0.3) is 0 Å². The van der Waals surface area contributed by atoms with Crippen molar-refractivity contribution in [2.45, 2.75) is 418 Å². The molecule has 512 valence electrons. The maximum Gasteiger partial charge on any atom is 0.472 e. The molecule has 1 N–H and O–H groups in total. The zero-order chi connectivity index (χ0) is 62.6. The highest BCUT2D eigenvalue weighted by Gasteiger charge is 2.27. The zero-order valence-electron chi connectivity index (χ0n) is 58.6. The molecule has 2 atom stereocenters. The minimum absolute atomic E-state index is 0.0368. The van der Waals surface area contributed by atoms with E-state index in [1.807, 2.05) is 21.1 Å². The van der Waals surface area contributed by atoms with E-state index in [9.17, 15) is 19.0 Å². The molecule has 0 saturated heterocycles. The van der Waals surface area contributed by atoms with Crippen LogP contribution in [0.4, 0.5) is 0 Å². The summed E-state index contributed by atoms with van der Waals surface area (Å²) in [7, 11) is 1.51. The molecule has 0 aliphatic rings. The summed E-state index contributed by atoms with van der Waals surface area (Å²) in [6.45, 7) is 4.53. The first-order valence-corrected chi connectivity index (χ1v) is 39.9. The Morgan fingerprint density at radius 1 is 0.349 bits per heavy atom. The fourth-order valence-corrected chi connectivity index (χ4v) is 12.6. The number of carbonyl (C=O) groups is 2. The molecule has 0 aromatic rings. The Morgan fingerprint density at radius 2 is 0.593 bits per heavy atom. The van der Waals surface area contributed by atoms with E-state index in [0.29, 0.717) is 17.4 Å². The predicted octanol–water partition coefficient (Wildman–Crippen LogP) is 25.1. The minimum Gasteiger partial charge on any atom is -0.462 e. The summed E-state index contributed by atoms with van der Waals surface area (Å²) in [6.07, 6.45) is 85.0. The number of esters is 2. The third kappa shape index (κ3) is 71.8. The molecule has 0 aromatic carbocycles. The lowest BCUT2D eigenvalue weighted by Crippen LogP contribution is -2.37. The molecule has 0 aliphatic heterocycles. The molecule has 0 aromatic heterocycles. The molecule has 9 nitrogen and oxygen atoms in total. The monoisotopic (exact) mass is 1240 g/mol. The van der Waals surface area contributed by atoms with Crippen molar-refractivity contribution < 1.29 is 42.1 Å². The maximum atomic E-state index is 12.9. The standard InChI is InChI=1S/C76H150NO8P/c1-6-8-10-12-14-16-18-20-22-24-26-28-30-32-34-36-38-40-42-44-46-48-50-52-54-56-58-60-62-64-66-68-75(78)82-72-74(73-84-86(80,81)83-71-70-77(3,4)5)85-76(79)69-67-65-63-61-59-57-55-53-51-49-47-45-43-41-39-37-35-33-31-29-27-25-23-21-19-17-15-13-11-9-7-2/h25,27,74H,6-24,26,28-73H2,1-5H3/p+1/b27-25-. The number of carbonyl (C=O) groups excluding carboxylic acids is 2. The van der Waals surface area contributed by atoms with Gasteiger partial charge >= 0.3 is 19.8 Å². The molecule has 0 radical (unpaired) electrons. The van der Waals surface area contributed by atoms with Gasteiger partial charge in [0.25, 0.3) is 0 Å². The van der Waals surface area contributed by atoms with E-state index < -0.39 is 26.5 Å². The van der Waals surface area contributed by atoms with Gasteiger partial charge in [-0.15, -0.1) is 0 Å². The second-order valence-electron chi connectivity index (χ2n) is 27.8. The molecule has 86 heavy (non-hydrogen) atoms. The predicted molar refractivity (Wildman–Crippen MR) is 372 cm³/mol. The van der Waals surface area contributed by atoms with Crippen molar-refractivity contribution in [3.63, 3.8) is 0 Å². The Morgan fingerprint density at radius 3 is 0.860 bits per heavy atom. The normalized spacial score (nSPS) is 13.0. The SMILES string of the molecule is CCCCCCCCCC/C=C\CCCCCCCCCCCCCCCCCCCCCC(=O)OC(COC(=O)CCCCCCCCCCCCCCCCCCCCCCCCCCCCCCCCC)COP(=O)(O)OCC[N+](C)(C)C. The van der Waals surface area contributed by atoms with Gasteiger partial charge in [-0.2, -0.15) is 0 Å². The van der Waals surface area contributed by atoms with Crippen molar-refractivity contribution >= 4 is 19.8 Å². The van der Waals surface area contributed by atoms with Crippen molar-refractivity contribution in [2.75, 3.05) is 47.5 Å². The van der Waals surface area contributed by atoms with Crippen LogP contribution in [0.1, 0.15) is 412 Å². The summed E-state index contributed by atoms with van der Waals surface area (Å²) in [6, 6.07) is 0. The summed E-state index contributed by atoms with van der Waals surface area (Å²) in [5.74, 6) is -0.768. The van der Waals surface area contributed by atoms with E-state index in [-0.39, 0.29) is 25.6 Å². The highest BCUT2D eigenvalue weighted by atomic mass is 31.2. The molecule has 10 heteroatoms. The average molecular weight is 1240 g/mol. The van der Waals surface area contributed by atoms with Crippen LogP contribution in [0.5, 0.6) is 0 Å². The number of quaternary nitrogens is 1. The molecule has 0 fully saturated rings. The van der Waals surface area contributed by atoms with Gasteiger partial charge in [0.2, 0.25) is 0 Å². The van der Waals surface area contributed by atoms with E-state index in [4.69, 9.17) is 18.5 Å². The third-order valence-corrected chi connectivity index (χ3v) is 18.8. The molecule has 2 unspecified atom stereocenters. The molecule has 0 heterocycles. The van der Waals surface area contributed by atoms with Gasteiger partial charge in [0.15, 0.2) is 6.10 Å². The van der Waals surface area contributed by atoms with Gasteiger partial charge in [-0.1, -0.05) is 373 Å². The maximum absolute atomic E-state index is 12.9. The van der Waals surface area contributed by atoms with Crippen molar-refractivity contribution in [1.82, 2.24) is 0 Å². The first-order valence-electron chi connectivity index (χ1n) is 38.4. The third-order valence-electron chi connectivity index (χ3n) is 17.8. The summed E-state index contributed by atoms with van der Waals surface area (Å²) >= 11 is 0. The molecular formula is C76H151NO8P+. The van der Waals surface area contributed by atoms with Crippen LogP contribution in [0, 0.1) is 0 Å². The van der Waals surface area contributed by atoms with Crippen LogP contribution >= 0.6 is 7.82 Å². The number of unbranched alkanes of at least 4 members (excludes halogenated alkanes) is 57. The second kappa shape index (κ2) is 68.1. The number of allylic oxidation sites excluding steroid dienone is 2. The summed E-state index contributed by atoms with van der Waals surface area (Å²) in [5.41, 5.74) is 0. The van der Waals surface area contributed by atoms with Gasteiger partial charge < -0.3 is 18.9 Å². The molecule has 0 bridgehead atoms. The Bertz CT molecular complexity index is 1450. The number of nitrogens with zero attached hydrogens (tertiary/aromatic N) is 1. The number of likely N-dealkylation sites (N-methyl/N-ethyl adjacent to an activating group) is 1. The van der Waals surface area contributed by atoms with Crippen molar-refractivity contribution in [3.05, 3.63) is 12.2 Å². The van der Waals surface area contributed by atoms with Gasteiger partial charge in [0.05, 0.1) is 27.7 Å². The molecular weight excluding hydrogens is 1090 g/mol. The van der Waals surface area contributed by atoms with Crippen molar-refractivity contribution in [1.29, 1.82) is 0 Å². The van der Waals surface area contributed by atoms with Crippen LogP contribution in [0.3, 0.4) is 0 Å². The van der Waals surface area contributed by atoms with Gasteiger partial charge in [-0.05, 0) is 38.5 Å². The summed E-state index contributed by atoms with van der Waals surface area (Å²) in [5, 5.41) is 0. The zero-order valence-corrected chi connectivity index (χ0v) is 59.5. The number of phosphoric acid groups is 1. The topological polar surface area (TPSA) is 108 Å². The van der Waals surface area contributed by atoms with E-state index >= 15 is 0 Å². The Balaban J connectivity index is 3.93. The highest BCUT2D eigenvalue weighted by Crippen LogP contribution is 2.43. The number of ether oxygens (including phenoxy) is 2. The number of phosphoric ester groups is 1. The summed E-state index contributed by atoms with van der Waals surface area (Å²) in [4.78, 5) is 35.9. The van der Waals surface area contributed by atoms with Gasteiger partial charge in [0.1, 0.15) is 19.8 Å². The fraction of sp³-hybridized carbons (Fsp3) is 0.947. The van der Waals surface area contributed by atoms with Crippen LogP contribution in [0.2, 0.25) is 0 Å². The van der Waals surface area contributed by atoms with Gasteiger partial charge in [-0.25, -0.2) is 4.57 Å². The van der Waals surface area contributed by atoms with Crippen LogP contribution in [0.15, 0.2) is 12.2 Å². The molecule has 0 aliphatic carbocycles. The molecule has 0 saturated carbocycles. The first-order chi connectivity index (χ1) is 42.0. The lowest BCUT2D eigenvalue weighted by Gasteiger charge is -2.24. The molecule has 0 spiro atoms. The van der Waals surface area contributed by atoms with Gasteiger partial charge in [0, 0.05) is 12.8 Å². The Kier molecular flexibility index (Phi) is 67.1. The van der Waals surface area contributed by atoms with Crippen LogP contribution in [-0.2, 0) is 32.7 Å². The fourth-order valence-electron chi connectivity index (χ4n) is 11.9. The minimum atomic E-state index is -4.39. The summed E-state index contributed by atoms with van der Waals surface area (Å²) < 4.78 is 34.8. The van der Waals surface area contributed by atoms with E-state index in [1.165, 1.54) is 347 Å². The smallest absolute Gasteiger partial charge is 0.462 e. The Labute approximate surface area is 537 Å². The van der Waals surface area contributed by atoms with Crippen molar-refractivity contribution in [2.24, 2.45) is 0 Å². The van der Waals surface area contributed by atoms with Crippen LogP contribution in [-0.4, -0.2) is 74.9 Å². The van der Waals surface area contributed by atoms with Gasteiger partial charge in [-0.3, -0.25) is 18.6 Å². The van der Waals surface area contributed by atoms with Crippen molar-refractivity contribution in [3.8, 4) is 0 Å². The average Bonchev–Trinajstić information content (AvgIpc) is 3.56. The highest BCUT2D eigenvalue weighted by molar-refractivity contribution is 7.47. The Hall–Kier alpha value is -1.25. The lowest BCUT2D eigenvalue weighted by atomic mass is 10.0. The van der Waals surface area contributed by atoms with Crippen LogP contribution < -0.4 is 0 Å². The number of hydrogen-bond acceptors (Lipinski definition) is 7. The number of hydrogen-bond donors (Lipinski definition) is 1.